The summed E-state index contributed by atoms with van der Waals surface area (Å²) < 4.78 is 94.5. The van der Waals surface area contributed by atoms with Crippen LogP contribution in [-0.4, -0.2) is 21.6 Å². The van der Waals surface area contributed by atoms with Crippen LogP contribution in [0.5, 0.6) is 0 Å². The van der Waals surface area contributed by atoms with Gasteiger partial charge in [0, 0.05) is 6.42 Å². The summed E-state index contributed by atoms with van der Waals surface area (Å²) in [6.45, 7) is 2.11. The van der Waals surface area contributed by atoms with Crippen LogP contribution in [0.1, 0.15) is 28.8 Å². The summed E-state index contributed by atoms with van der Waals surface area (Å²) in [5.41, 5.74) is 6.08. The van der Waals surface area contributed by atoms with Gasteiger partial charge in [-0.1, -0.05) is 19.4 Å². The van der Waals surface area contributed by atoms with Gasteiger partial charge in [-0.15, -0.1) is 0 Å². The van der Waals surface area contributed by atoms with Gasteiger partial charge in [-0.2, -0.15) is 10.4 Å². The molecule has 0 radical (unpaired) electrons. The molecule has 1 amide bonds. The first kappa shape index (κ1) is 21.8. The van der Waals surface area contributed by atoms with Crippen LogP contribution in [0.2, 0.25) is 0 Å². The molecule has 164 valence electrons. The highest BCUT2D eigenvalue weighted by Crippen LogP contribution is 3.02. The molecular weight excluding hydrogens is 443 g/mol. The van der Waals surface area contributed by atoms with Crippen molar-refractivity contribution in [3.63, 3.8) is 0 Å². The van der Waals surface area contributed by atoms with E-state index in [9.17, 15) is 38.3 Å². The molecule has 1 fully saturated rings. The highest BCUT2D eigenvalue weighted by molar-refractivity contribution is 8.45. The van der Waals surface area contributed by atoms with Crippen LogP contribution in [-0.2, 0) is 10.2 Å². The van der Waals surface area contributed by atoms with Crippen molar-refractivity contribution in [2.24, 2.45) is 5.73 Å². The molecule has 0 aliphatic heterocycles. The van der Waals surface area contributed by atoms with Crippen LogP contribution in [0, 0.1) is 25.2 Å². The zero-order valence-corrected chi connectivity index (χ0v) is 16.1. The summed E-state index contributed by atoms with van der Waals surface area (Å²) >= 11 is 0. The molecule has 0 spiro atoms. The standard InChI is InChI=1S/C16H14F7N5OS/c1-7-3-9(30(19,20,21,22)23)4-8(2)12(7)28-13(25)11(10(5-24)27-28)15(14(26)29)6-16(15,17)18/h3-4H,6,25H2,1-2H3,(H2,26,29). The van der Waals surface area contributed by atoms with Gasteiger partial charge in [0.1, 0.15) is 22.2 Å². The fraction of sp³-hybridized carbons (Fsp3) is 0.312. The molecule has 30 heavy (non-hydrogen) atoms. The number of carbonyl (C=O) groups is 1. The molecule has 1 aliphatic carbocycles. The Morgan fingerprint density at radius 2 is 1.67 bits per heavy atom. The Balaban J connectivity index is 2.30. The molecule has 3 rings (SSSR count). The zero-order chi connectivity index (χ0) is 23.1. The van der Waals surface area contributed by atoms with Crippen molar-refractivity contribution in [3.8, 4) is 11.8 Å². The number of nitrogens with zero attached hydrogens (tertiary/aromatic N) is 3. The summed E-state index contributed by atoms with van der Waals surface area (Å²) in [5.74, 6) is -5.70. The third kappa shape index (κ3) is 2.95. The van der Waals surface area contributed by atoms with Crippen molar-refractivity contribution in [2.45, 2.75) is 36.5 Å². The Bertz CT molecular complexity index is 1140. The fourth-order valence-corrected chi connectivity index (χ4v) is 4.32. The highest BCUT2D eigenvalue weighted by atomic mass is 32.5. The Morgan fingerprint density at radius 3 is 2.00 bits per heavy atom. The monoisotopic (exact) mass is 457 g/mol. The summed E-state index contributed by atoms with van der Waals surface area (Å²) in [6, 6.07) is 1.85. The first-order valence-electron chi connectivity index (χ1n) is 8.09. The number of carbonyl (C=O) groups excluding carboxylic acids is 1. The van der Waals surface area contributed by atoms with Crippen molar-refractivity contribution >= 4 is 21.9 Å². The number of aryl methyl sites for hydroxylation is 2. The molecule has 1 atom stereocenters. The second-order valence-electron chi connectivity index (χ2n) is 7.16. The number of hydrogen-bond donors (Lipinski definition) is 2. The SMILES string of the molecule is Cc1cc(S(F)(F)(F)(F)F)cc(C)c1-n1nc(C#N)c(C2(C(N)=O)CC2(F)F)c1N. The molecule has 0 saturated heterocycles. The van der Waals surface area contributed by atoms with Gasteiger partial charge in [0.05, 0.1) is 11.3 Å². The van der Waals surface area contributed by atoms with Crippen molar-refractivity contribution in [1.82, 2.24) is 9.78 Å². The number of alkyl halides is 2. The number of nitrogen functional groups attached to an aromatic ring is 1. The van der Waals surface area contributed by atoms with Crippen molar-refractivity contribution < 1.29 is 33.0 Å². The summed E-state index contributed by atoms with van der Waals surface area (Å²) in [7, 11) is -9.99. The smallest absolute Gasteiger partial charge is 0.310 e. The molecule has 1 aromatic heterocycles. The van der Waals surface area contributed by atoms with Gasteiger partial charge in [-0.3, -0.25) is 4.79 Å². The van der Waals surface area contributed by atoms with Crippen LogP contribution in [0.3, 0.4) is 0 Å². The Morgan fingerprint density at radius 1 is 1.20 bits per heavy atom. The van der Waals surface area contributed by atoms with Gasteiger partial charge >= 0.3 is 10.2 Å². The molecule has 2 aromatic rings. The van der Waals surface area contributed by atoms with Crippen LogP contribution < -0.4 is 11.5 Å². The lowest BCUT2D eigenvalue weighted by Gasteiger charge is -2.41. The number of amides is 1. The second-order valence-corrected chi connectivity index (χ2v) is 9.57. The van der Waals surface area contributed by atoms with Gasteiger partial charge in [0.25, 0.3) is 5.92 Å². The van der Waals surface area contributed by atoms with E-state index >= 15 is 0 Å². The quantitative estimate of drug-likeness (QED) is 0.665. The third-order valence-corrected chi connectivity index (χ3v) is 6.11. The third-order valence-electron chi connectivity index (χ3n) is 4.98. The van der Waals surface area contributed by atoms with Crippen molar-refractivity contribution in [2.75, 3.05) is 5.73 Å². The van der Waals surface area contributed by atoms with E-state index < -0.39 is 55.9 Å². The summed E-state index contributed by atoms with van der Waals surface area (Å²) in [6.07, 6.45) is -1.03. The lowest BCUT2D eigenvalue weighted by Crippen LogP contribution is -2.35. The molecule has 1 aromatic carbocycles. The minimum absolute atomic E-state index is 0.173. The number of aromatic nitrogens is 2. The van der Waals surface area contributed by atoms with Crippen LogP contribution in [0.4, 0.5) is 34.0 Å². The molecule has 4 N–H and O–H groups in total. The summed E-state index contributed by atoms with van der Waals surface area (Å²) in [4.78, 5) is 9.61. The number of halogens is 7. The predicted molar refractivity (Wildman–Crippen MR) is 94.0 cm³/mol. The normalized spacial score (nSPS) is 22.7. The number of benzene rings is 1. The van der Waals surface area contributed by atoms with Gasteiger partial charge in [0.2, 0.25) is 5.91 Å². The number of primary amides is 1. The summed E-state index contributed by atoms with van der Waals surface area (Å²) in [5, 5.41) is 13.0. The first-order chi connectivity index (χ1) is 13.3. The molecule has 1 unspecified atom stereocenters. The zero-order valence-electron chi connectivity index (χ0n) is 15.3. The highest BCUT2D eigenvalue weighted by Gasteiger charge is 2.78. The van der Waals surface area contributed by atoms with E-state index in [1.165, 1.54) is 6.07 Å². The lowest BCUT2D eigenvalue weighted by molar-refractivity contribution is -0.122. The van der Waals surface area contributed by atoms with Gasteiger partial charge in [-0.05, 0) is 37.1 Å². The first-order valence-corrected chi connectivity index (χ1v) is 10.0. The van der Waals surface area contributed by atoms with Crippen LogP contribution >= 0.6 is 10.2 Å². The van der Waals surface area contributed by atoms with Gasteiger partial charge < -0.3 is 11.5 Å². The van der Waals surface area contributed by atoms with E-state index in [0.29, 0.717) is 4.68 Å². The largest absolute Gasteiger partial charge is 0.383 e. The van der Waals surface area contributed by atoms with Crippen LogP contribution in [0.15, 0.2) is 17.0 Å². The van der Waals surface area contributed by atoms with E-state index in [0.717, 1.165) is 13.8 Å². The Hall–Kier alpha value is -2.95. The second kappa shape index (κ2) is 5.20. The van der Waals surface area contributed by atoms with Gasteiger partial charge in [0.15, 0.2) is 5.69 Å². The minimum atomic E-state index is -9.99. The van der Waals surface area contributed by atoms with E-state index in [1.807, 2.05) is 0 Å². The Labute approximate surface area is 165 Å². The molecule has 0 bridgehead atoms. The molecule has 14 heteroatoms. The lowest BCUT2D eigenvalue weighted by atomic mass is 9.94. The number of nitriles is 1. The average Bonchev–Trinajstić information content (AvgIpc) is 2.97. The number of hydrogen-bond acceptors (Lipinski definition) is 4. The Kier molecular flexibility index (Phi) is 3.77. The molecule has 6 nitrogen and oxygen atoms in total. The number of rotatable bonds is 4. The van der Waals surface area contributed by atoms with Crippen LogP contribution in [0.25, 0.3) is 5.69 Å². The van der Waals surface area contributed by atoms with Crippen molar-refractivity contribution in [1.29, 1.82) is 5.26 Å². The number of nitrogens with two attached hydrogens (primary N) is 2. The van der Waals surface area contributed by atoms with E-state index in [-0.39, 0.29) is 28.9 Å². The maximum absolute atomic E-state index is 14.0. The van der Waals surface area contributed by atoms with E-state index in [2.05, 4.69) is 5.10 Å². The van der Waals surface area contributed by atoms with Crippen molar-refractivity contribution in [3.05, 3.63) is 34.5 Å². The molecule has 1 aliphatic rings. The number of anilines is 1. The molecule has 1 saturated carbocycles. The average molecular weight is 457 g/mol. The molecular formula is C16H14F7N5OS. The minimum Gasteiger partial charge on any atom is -0.383 e. The fourth-order valence-electron chi connectivity index (χ4n) is 3.52. The maximum atomic E-state index is 14.0. The van der Waals surface area contributed by atoms with E-state index in [1.54, 1.807) is 0 Å². The van der Waals surface area contributed by atoms with E-state index in [4.69, 9.17) is 11.5 Å². The topological polar surface area (TPSA) is 111 Å². The maximum Gasteiger partial charge on any atom is 0.310 e. The van der Waals surface area contributed by atoms with Gasteiger partial charge in [-0.25, -0.2) is 13.5 Å². The predicted octanol–water partition coefficient (Wildman–Crippen LogP) is 4.36. The molecule has 1 heterocycles.